The molecule has 0 aliphatic rings. The molecule has 0 amide bonds. The molecule has 0 atom stereocenters. The average Bonchev–Trinajstić information content (AvgIpc) is 2.63. The van der Waals surface area contributed by atoms with Crippen molar-refractivity contribution in [2.45, 2.75) is 130 Å². The predicted octanol–water partition coefficient (Wildman–Crippen LogP) is 9.06. The standard InChI is InChI=1S/C24H53P/c1-5-9-12-15-18-21-24-25(8-4,22-19-16-13-10-6-2)23-20-17-14-11-7-3/h25H,5-24H2,1-4H3. The Morgan fingerprint density at radius 1 is 0.360 bits per heavy atom. The van der Waals surface area contributed by atoms with Gasteiger partial charge in [0.1, 0.15) is 0 Å². The molecule has 0 aromatic heterocycles. The van der Waals surface area contributed by atoms with Gasteiger partial charge in [0.2, 0.25) is 0 Å². The molecule has 0 saturated heterocycles. The van der Waals surface area contributed by atoms with Crippen LogP contribution in [0, 0.1) is 0 Å². The molecule has 0 aliphatic heterocycles. The second-order valence-corrected chi connectivity index (χ2v) is 13.9. The SMILES string of the molecule is CCCCCCCC[PH](CC)(CCCCCCC)CCCCCCC. The minimum atomic E-state index is -0.958. The van der Waals surface area contributed by atoms with E-state index in [1.54, 1.807) is 43.9 Å². The van der Waals surface area contributed by atoms with Crippen molar-refractivity contribution in [3.8, 4) is 0 Å². The molecule has 0 nitrogen and oxygen atoms in total. The summed E-state index contributed by atoms with van der Waals surface area (Å²) in [5.74, 6) is 0. The van der Waals surface area contributed by atoms with Gasteiger partial charge in [-0.25, -0.2) is 0 Å². The zero-order valence-electron chi connectivity index (χ0n) is 18.6. The van der Waals surface area contributed by atoms with Gasteiger partial charge in [-0.3, -0.25) is 0 Å². The van der Waals surface area contributed by atoms with Crippen LogP contribution < -0.4 is 0 Å². The van der Waals surface area contributed by atoms with Crippen LogP contribution in [0.2, 0.25) is 0 Å². The molecular formula is C24H53P. The van der Waals surface area contributed by atoms with Crippen molar-refractivity contribution in [3.05, 3.63) is 0 Å². The van der Waals surface area contributed by atoms with Crippen LogP contribution in [0.1, 0.15) is 130 Å². The van der Waals surface area contributed by atoms with E-state index in [0.29, 0.717) is 0 Å². The summed E-state index contributed by atoms with van der Waals surface area (Å²) < 4.78 is 0. The van der Waals surface area contributed by atoms with Crippen LogP contribution >= 0.6 is 7.26 Å². The quantitative estimate of drug-likeness (QED) is 0.148. The Balaban J connectivity index is 4.22. The van der Waals surface area contributed by atoms with Crippen molar-refractivity contribution in [1.82, 2.24) is 0 Å². The Kier molecular flexibility index (Phi) is 19.5. The predicted molar refractivity (Wildman–Crippen MR) is 124 cm³/mol. The Hall–Kier alpha value is 0.430. The fourth-order valence-electron chi connectivity index (χ4n) is 4.39. The van der Waals surface area contributed by atoms with E-state index in [2.05, 4.69) is 27.7 Å². The van der Waals surface area contributed by atoms with Crippen LogP contribution in [0.4, 0.5) is 0 Å². The summed E-state index contributed by atoms with van der Waals surface area (Å²) in [5, 5.41) is 0. The molecule has 0 heterocycles. The van der Waals surface area contributed by atoms with E-state index < -0.39 is 7.26 Å². The molecule has 0 bridgehead atoms. The van der Waals surface area contributed by atoms with Crippen molar-refractivity contribution >= 4 is 7.26 Å². The Labute approximate surface area is 162 Å². The van der Waals surface area contributed by atoms with Crippen molar-refractivity contribution < 1.29 is 0 Å². The molecule has 0 N–H and O–H groups in total. The summed E-state index contributed by atoms with van der Waals surface area (Å²) in [6.07, 6.45) is 30.1. The number of hydrogen-bond donors (Lipinski definition) is 0. The fraction of sp³-hybridized carbons (Fsp3) is 1.00. The van der Waals surface area contributed by atoms with Crippen LogP contribution in [-0.4, -0.2) is 24.6 Å². The zero-order chi connectivity index (χ0) is 18.6. The van der Waals surface area contributed by atoms with Gasteiger partial charge in [-0.1, -0.05) is 0 Å². The van der Waals surface area contributed by atoms with Crippen LogP contribution in [0.25, 0.3) is 0 Å². The van der Waals surface area contributed by atoms with E-state index in [9.17, 15) is 0 Å². The topological polar surface area (TPSA) is 0 Å². The first-order valence-corrected chi connectivity index (χ1v) is 15.1. The van der Waals surface area contributed by atoms with Gasteiger partial charge < -0.3 is 0 Å². The summed E-state index contributed by atoms with van der Waals surface area (Å²) in [6, 6.07) is 0. The molecule has 0 rings (SSSR count). The van der Waals surface area contributed by atoms with Gasteiger partial charge in [0.25, 0.3) is 0 Å². The van der Waals surface area contributed by atoms with Gasteiger partial charge in [-0.15, -0.1) is 0 Å². The molecule has 0 fully saturated rings. The number of unbranched alkanes of at least 4 members (excludes halogenated alkanes) is 13. The van der Waals surface area contributed by atoms with E-state index in [1.807, 2.05) is 0 Å². The van der Waals surface area contributed by atoms with Gasteiger partial charge in [-0.2, -0.15) is 0 Å². The van der Waals surface area contributed by atoms with E-state index in [-0.39, 0.29) is 0 Å². The molecule has 0 spiro atoms. The second-order valence-electron chi connectivity index (χ2n) is 8.70. The minimum absolute atomic E-state index is 0.958. The monoisotopic (exact) mass is 372 g/mol. The molecule has 25 heavy (non-hydrogen) atoms. The molecule has 0 unspecified atom stereocenters. The summed E-state index contributed by atoms with van der Waals surface area (Å²) in [4.78, 5) is 0. The van der Waals surface area contributed by atoms with Crippen molar-refractivity contribution in [2.75, 3.05) is 24.6 Å². The van der Waals surface area contributed by atoms with Crippen molar-refractivity contribution in [1.29, 1.82) is 0 Å². The Morgan fingerprint density at radius 2 is 0.640 bits per heavy atom. The van der Waals surface area contributed by atoms with Gasteiger partial charge in [0.15, 0.2) is 0 Å². The van der Waals surface area contributed by atoms with Gasteiger partial charge in [0, 0.05) is 0 Å². The maximum absolute atomic E-state index is 2.54. The fourth-order valence-corrected chi connectivity index (χ4v) is 9.20. The van der Waals surface area contributed by atoms with E-state index in [4.69, 9.17) is 0 Å². The Morgan fingerprint density at radius 3 is 0.920 bits per heavy atom. The van der Waals surface area contributed by atoms with E-state index in [0.717, 1.165) is 0 Å². The van der Waals surface area contributed by atoms with Crippen molar-refractivity contribution in [3.63, 3.8) is 0 Å². The second kappa shape index (κ2) is 19.2. The third kappa shape index (κ3) is 15.2. The molecule has 154 valence electrons. The molecule has 0 aromatic carbocycles. The third-order valence-electron chi connectivity index (χ3n) is 6.43. The van der Waals surface area contributed by atoms with Gasteiger partial charge in [-0.05, 0) is 0 Å². The molecule has 0 radical (unpaired) electrons. The van der Waals surface area contributed by atoms with Gasteiger partial charge >= 0.3 is 162 Å². The average molecular weight is 373 g/mol. The summed E-state index contributed by atoms with van der Waals surface area (Å²) in [7, 11) is -0.958. The van der Waals surface area contributed by atoms with Crippen LogP contribution in [0.5, 0.6) is 0 Å². The van der Waals surface area contributed by atoms with Crippen molar-refractivity contribution in [2.24, 2.45) is 0 Å². The number of hydrogen-bond acceptors (Lipinski definition) is 0. The van der Waals surface area contributed by atoms with Crippen LogP contribution in [0.15, 0.2) is 0 Å². The van der Waals surface area contributed by atoms with Crippen LogP contribution in [0.3, 0.4) is 0 Å². The number of rotatable bonds is 20. The molecule has 0 saturated carbocycles. The maximum atomic E-state index is 2.54. The Bertz CT molecular complexity index is 234. The molecule has 0 aromatic rings. The first-order chi connectivity index (χ1) is 12.2. The molecule has 1 heteroatoms. The van der Waals surface area contributed by atoms with Gasteiger partial charge in [0.05, 0.1) is 0 Å². The molecule has 0 aliphatic carbocycles. The third-order valence-corrected chi connectivity index (χ3v) is 12.2. The molecular weight excluding hydrogens is 319 g/mol. The summed E-state index contributed by atoms with van der Waals surface area (Å²) in [6.45, 7) is 9.54. The first kappa shape index (κ1) is 25.4. The normalized spacial score (nSPS) is 12.6. The zero-order valence-corrected chi connectivity index (χ0v) is 19.6. The van der Waals surface area contributed by atoms with Crippen LogP contribution in [-0.2, 0) is 0 Å². The summed E-state index contributed by atoms with van der Waals surface area (Å²) in [5.41, 5.74) is 0. The first-order valence-electron chi connectivity index (χ1n) is 12.2. The summed E-state index contributed by atoms with van der Waals surface area (Å²) >= 11 is 0. The van der Waals surface area contributed by atoms with E-state index in [1.165, 1.54) is 83.5 Å². The van der Waals surface area contributed by atoms with E-state index >= 15 is 0 Å².